The van der Waals surface area contributed by atoms with Crippen LogP contribution in [0.4, 0.5) is 18.9 Å². The van der Waals surface area contributed by atoms with Crippen molar-refractivity contribution in [2.45, 2.75) is 19.2 Å². The predicted molar refractivity (Wildman–Crippen MR) is 63.0 cm³/mol. The van der Waals surface area contributed by atoms with E-state index in [-0.39, 0.29) is 0 Å². The summed E-state index contributed by atoms with van der Waals surface area (Å²) in [6.45, 7) is 0.405. The highest BCUT2D eigenvalue weighted by Crippen LogP contribution is 2.35. The zero-order valence-electron chi connectivity index (χ0n) is 10.5. The van der Waals surface area contributed by atoms with E-state index in [1.807, 2.05) is 0 Å². The summed E-state index contributed by atoms with van der Waals surface area (Å²) in [6.07, 6.45) is -5.21. The molecule has 3 nitrogen and oxygen atoms in total. The number of ether oxygens (including phenoxy) is 1. The molecule has 0 heterocycles. The molecule has 1 rings (SSSR count). The van der Waals surface area contributed by atoms with Crippen LogP contribution in [0.1, 0.15) is 18.6 Å². The molecule has 0 aliphatic rings. The molecule has 102 valence electrons. The van der Waals surface area contributed by atoms with E-state index in [1.54, 1.807) is 12.1 Å². The third-order valence-corrected chi connectivity index (χ3v) is 2.51. The van der Waals surface area contributed by atoms with Crippen LogP contribution in [-0.4, -0.2) is 32.0 Å². The molecule has 0 unspecified atom stereocenters. The molecule has 0 aliphatic heterocycles. The highest BCUT2D eigenvalue weighted by atomic mass is 19.4. The fourth-order valence-electron chi connectivity index (χ4n) is 1.82. The van der Waals surface area contributed by atoms with E-state index in [4.69, 9.17) is 4.74 Å². The lowest BCUT2D eigenvalue weighted by molar-refractivity contribution is -0.119. The molecule has 0 saturated carbocycles. The van der Waals surface area contributed by atoms with E-state index < -0.39 is 18.8 Å². The molecule has 18 heavy (non-hydrogen) atoms. The van der Waals surface area contributed by atoms with Crippen molar-refractivity contribution in [3.63, 3.8) is 0 Å². The minimum Gasteiger partial charge on any atom is -0.496 e. The highest BCUT2D eigenvalue weighted by Gasteiger charge is 2.30. The van der Waals surface area contributed by atoms with Gasteiger partial charge in [-0.25, -0.2) is 0 Å². The van der Waals surface area contributed by atoms with Crippen LogP contribution in [0.3, 0.4) is 0 Å². The van der Waals surface area contributed by atoms with Gasteiger partial charge in [0, 0.05) is 18.3 Å². The van der Waals surface area contributed by atoms with Gasteiger partial charge in [-0.05, 0) is 19.1 Å². The minimum atomic E-state index is -4.30. The van der Waals surface area contributed by atoms with Crippen molar-refractivity contribution < 1.29 is 23.0 Å². The van der Waals surface area contributed by atoms with Gasteiger partial charge in [0.25, 0.3) is 0 Å². The third kappa shape index (κ3) is 3.53. The monoisotopic (exact) mass is 263 g/mol. The number of methoxy groups -OCH3 is 1. The van der Waals surface area contributed by atoms with Gasteiger partial charge in [0.1, 0.15) is 12.3 Å². The Labute approximate surface area is 104 Å². The van der Waals surface area contributed by atoms with Gasteiger partial charge in [-0.3, -0.25) is 0 Å². The number of aliphatic hydroxyl groups excluding tert-OH is 1. The van der Waals surface area contributed by atoms with Crippen LogP contribution >= 0.6 is 0 Å². The second-order valence-corrected chi connectivity index (χ2v) is 4.04. The minimum absolute atomic E-state index is 0.307. The van der Waals surface area contributed by atoms with Crippen molar-refractivity contribution in [3.05, 3.63) is 23.8 Å². The molecule has 1 atom stereocenters. The fraction of sp³-hybridized carbons (Fsp3) is 0.500. The third-order valence-electron chi connectivity index (χ3n) is 2.51. The first-order chi connectivity index (χ1) is 8.26. The first kappa shape index (κ1) is 14.6. The van der Waals surface area contributed by atoms with Crippen molar-refractivity contribution in [1.82, 2.24) is 0 Å². The van der Waals surface area contributed by atoms with Crippen LogP contribution in [0.25, 0.3) is 0 Å². The van der Waals surface area contributed by atoms with E-state index >= 15 is 0 Å². The number of anilines is 1. The molecular weight excluding hydrogens is 247 g/mol. The Morgan fingerprint density at radius 1 is 1.39 bits per heavy atom. The number of hydrogen-bond acceptors (Lipinski definition) is 3. The summed E-state index contributed by atoms with van der Waals surface area (Å²) in [5.41, 5.74) is 0.661. The Kier molecular flexibility index (Phi) is 4.45. The summed E-state index contributed by atoms with van der Waals surface area (Å²) in [6, 6.07) is 4.72. The van der Waals surface area contributed by atoms with E-state index in [1.165, 1.54) is 27.1 Å². The molecular formula is C12H16F3NO2. The van der Waals surface area contributed by atoms with Crippen molar-refractivity contribution in [2.24, 2.45) is 0 Å². The fourth-order valence-corrected chi connectivity index (χ4v) is 1.82. The topological polar surface area (TPSA) is 32.7 Å². The van der Waals surface area contributed by atoms with Crippen LogP contribution in [0, 0.1) is 0 Å². The number of halogens is 3. The average molecular weight is 263 g/mol. The van der Waals surface area contributed by atoms with Gasteiger partial charge in [0.2, 0.25) is 0 Å². The number of alkyl halides is 3. The van der Waals surface area contributed by atoms with E-state index in [0.29, 0.717) is 17.0 Å². The van der Waals surface area contributed by atoms with Crippen molar-refractivity contribution >= 4 is 5.69 Å². The molecule has 0 spiro atoms. The smallest absolute Gasteiger partial charge is 0.405 e. The normalized spacial score (nSPS) is 13.3. The SMILES string of the molecule is COc1cccc(N(C)CC(F)(F)F)c1[C@H](C)O. The average Bonchev–Trinajstić information content (AvgIpc) is 2.25. The van der Waals surface area contributed by atoms with Crippen molar-refractivity contribution in [2.75, 3.05) is 25.6 Å². The molecule has 0 fully saturated rings. The molecule has 0 aliphatic carbocycles. The van der Waals surface area contributed by atoms with Crippen LogP contribution in [-0.2, 0) is 0 Å². The van der Waals surface area contributed by atoms with E-state index in [2.05, 4.69) is 0 Å². The first-order valence-electron chi connectivity index (χ1n) is 5.39. The molecule has 1 N–H and O–H groups in total. The van der Waals surface area contributed by atoms with E-state index in [0.717, 1.165) is 4.90 Å². The Balaban J connectivity index is 3.15. The standard InChI is InChI=1S/C12H16F3NO2/c1-8(17)11-9(5-4-6-10(11)18-3)16(2)7-12(13,14)15/h4-6,8,17H,7H2,1-3H3/t8-/m0/s1. The number of aliphatic hydroxyl groups is 1. The summed E-state index contributed by atoms with van der Waals surface area (Å²) in [4.78, 5) is 1.05. The number of benzene rings is 1. The number of nitrogens with zero attached hydrogens (tertiary/aromatic N) is 1. The Morgan fingerprint density at radius 3 is 2.44 bits per heavy atom. The zero-order chi connectivity index (χ0) is 13.9. The largest absolute Gasteiger partial charge is 0.496 e. The summed E-state index contributed by atoms with van der Waals surface area (Å²) < 4.78 is 42.2. The maximum Gasteiger partial charge on any atom is 0.405 e. The Hall–Kier alpha value is -1.43. The molecule has 0 radical (unpaired) electrons. The van der Waals surface area contributed by atoms with Gasteiger partial charge < -0.3 is 14.7 Å². The second kappa shape index (κ2) is 5.48. The predicted octanol–water partition coefficient (Wildman–Crippen LogP) is 2.75. The Morgan fingerprint density at radius 2 is 2.00 bits per heavy atom. The van der Waals surface area contributed by atoms with Gasteiger partial charge in [-0.1, -0.05) is 6.07 Å². The Bertz CT molecular complexity index is 405. The lowest BCUT2D eigenvalue weighted by Gasteiger charge is -2.25. The maximum absolute atomic E-state index is 12.4. The van der Waals surface area contributed by atoms with Crippen LogP contribution in [0.5, 0.6) is 5.75 Å². The number of rotatable bonds is 4. The summed E-state index contributed by atoms with van der Waals surface area (Å²) in [5.74, 6) is 0.372. The van der Waals surface area contributed by atoms with E-state index in [9.17, 15) is 18.3 Å². The maximum atomic E-state index is 12.4. The van der Waals surface area contributed by atoms with Crippen LogP contribution < -0.4 is 9.64 Å². The lowest BCUT2D eigenvalue weighted by Crippen LogP contribution is -2.31. The van der Waals surface area contributed by atoms with Gasteiger partial charge in [0.15, 0.2) is 0 Å². The zero-order valence-corrected chi connectivity index (χ0v) is 10.5. The number of hydrogen-bond donors (Lipinski definition) is 1. The molecule has 0 amide bonds. The van der Waals surface area contributed by atoms with Crippen LogP contribution in [0.2, 0.25) is 0 Å². The summed E-state index contributed by atoms with van der Waals surface area (Å²) in [5, 5.41) is 9.68. The second-order valence-electron chi connectivity index (χ2n) is 4.04. The van der Waals surface area contributed by atoms with Crippen molar-refractivity contribution in [1.29, 1.82) is 0 Å². The van der Waals surface area contributed by atoms with Crippen molar-refractivity contribution in [3.8, 4) is 5.75 Å². The van der Waals surface area contributed by atoms with Gasteiger partial charge in [0.05, 0.1) is 13.2 Å². The molecule has 1 aromatic carbocycles. The van der Waals surface area contributed by atoms with Gasteiger partial charge >= 0.3 is 6.18 Å². The molecule has 0 saturated heterocycles. The summed E-state index contributed by atoms with van der Waals surface area (Å²) >= 11 is 0. The molecule has 0 aromatic heterocycles. The highest BCUT2D eigenvalue weighted by molar-refractivity contribution is 5.60. The summed E-state index contributed by atoms with van der Waals surface area (Å²) in [7, 11) is 2.74. The van der Waals surface area contributed by atoms with Crippen LogP contribution in [0.15, 0.2) is 18.2 Å². The van der Waals surface area contributed by atoms with Gasteiger partial charge in [-0.15, -0.1) is 0 Å². The quantitative estimate of drug-likeness (QED) is 0.906. The molecule has 1 aromatic rings. The molecule has 0 bridgehead atoms. The first-order valence-corrected chi connectivity index (χ1v) is 5.39. The lowest BCUT2D eigenvalue weighted by atomic mass is 10.1. The van der Waals surface area contributed by atoms with Gasteiger partial charge in [-0.2, -0.15) is 13.2 Å². The molecule has 6 heteroatoms.